The highest BCUT2D eigenvalue weighted by Crippen LogP contribution is 2.20. The van der Waals surface area contributed by atoms with E-state index in [9.17, 15) is 0 Å². The van der Waals surface area contributed by atoms with Crippen LogP contribution < -0.4 is 5.32 Å². The zero-order chi connectivity index (χ0) is 12.3. The van der Waals surface area contributed by atoms with Gasteiger partial charge < -0.3 is 9.84 Å². The number of nitrogens with zero attached hydrogens (tertiary/aromatic N) is 3. The van der Waals surface area contributed by atoms with Crippen LogP contribution in [0.5, 0.6) is 0 Å². The monoisotopic (exact) mass is 232 g/mol. The highest BCUT2D eigenvalue weighted by Gasteiger charge is 2.15. The van der Waals surface area contributed by atoms with Gasteiger partial charge in [-0.15, -0.1) is 0 Å². The minimum atomic E-state index is 0.184. The van der Waals surface area contributed by atoms with Crippen LogP contribution in [0.15, 0.2) is 23.1 Å². The van der Waals surface area contributed by atoms with Crippen molar-refractivity contribution in [2.24, 2.45) is 0 Å². The quantitative estimate of drug-likeness (QED) is 0.872. The standard InChI is InChI=1S/C12H16N4O/c1-8(12-9(2)16-17-10(12)3)15-7-11-6-13-4-5-14-11/h4-6,8,15H,7H2,1-3H3. The van der Waals surface area contributed by atoms with Crippen LogP contribution in [0.25, 0.3) is 0 Å². The van der Waals surface area contributed by atoms with Gasteiger partial charge in [-0.25, -0.2) is 0 Å². The van der Waals surface area contributed by atoms with Gasteiger partial charge in [-0.1, -0.05) is 5.16 Å². The van der Waals surface area contributed by atoms with E-state index in [1.54, 1.807) is 18.6 Å². The van der Waals surface area contributed by atoms with Crippen molar-refractivity contribution in [2.45, 2.75) is 33.4 Å². The predicted molar refractivity (Wildman–Crippen MR) is 63.3 cm³/mol. The third-order valence-electron chi connectivity index (χ3n) is 2.73. The van der Waals surface area contributed by atoms with Gasteiger partial charge in [0.05, 0.1) is 11.4 Å². The molecule has 1 N–H and O–H groups in total. The molecule has 2 heterocycles. The first-order valence-corrected chi connectivity index (χ1v) is 5.59. The Labute approximate surface area is 100 Å². The summed E-state index contributed by atoms with van der Waals surface area (Å²) >= 11 is 0. The van der Waals surface area contributed by atoms with E-state index in [0.717, 1.165) is 22.7 Å². The van der Waals surface area contributed by atoms with Crippen LogP contribution in [0.1, 0.15) is 35.7 Å². The van der Waals surface area contributed by atoms with E-state index >= 15 is 0 Å². The van der Waals surface area contributed by atoms with Crippen molar-refractivity contribution in [1.29, 1.82) is 0 Å². The van der Waals surface area contributed by atoms with E-state index < -0.39 is 0 Å². The molecule has 0 aliphatic heterocycles. The fraction of sp³-hybridized carbons (Fsp3) is 0.417. The topological polar surface area (TPSA) is 63.8 Å². The van der Waals surface area contributed by atoms with Crippen molar-refractivity contribution in [3.05, 3.63) is 41.3 Å². The van der Waals surface area contributed by atoms with Crippen molar-refractivity contribution in [3.8, 4) is 0 Å². The first kappa shape index (κ1) is 11.7. The van der Waals surface area contributed by atoms with Gasteiger partial charge in [-0.2, -0.15) is 0 Å². The summed E-state index contributed by atoms with van der Waals surface area (Å²) in [6.07, 6.45) is 5.12. The molecule has 0 spiro atoms. The van der Waals surface area contributed by atoms with Crippen LogP contribution in [0.3, 0.4) is 0 Å². The third-order valence-corrected chi connectivity index (χ3v) is 2.73. The van der Waals surface area contributed by atoms with E-state index in [1.807, 2.05) is 13.8 Å². The summed E-state index contributed by atoms with van der Waals surface area (Å²) in [5.74, 6) is 0.863. The van der Waals surface area contributed by atoms with E-state index in [1.165, 1.54) is 0 Å². The number of rotatable bonds is 4. The molecule has 0 aliphatic rings. The van der Waals surface area contributed by atoms with Gasteiger partial charge in [0.15, 0.2) is 0 Å². The van der Waals surface area contributed by atoms with Crippen LogP contribution in [-0.4, -0.2) is 15.1 Å². The minimum Gasteiger partial charge on any atom is -0.361 e. The molecule has 0 aliphatic carbocycles. The zero-order valence-electron chi connectivity index (χ0n) is 10.3. The van der Waals surface area contributed by atoms with Crippen LogP contribution in [0, 0.1) is 13.8 Å². The van der Waals surface area contributed by atoms with Crippen molar-refractivity contribution in [3.63, 3.8) is 0 Å². The van der Waals surface area contributed by atoms with Crippen LogP contribution in [0.2, 0.25) is 0 Å². The fourth-order valence-electron chi connectivity index (χ4n) is 1.89. The summed E-state index contributed by atoms with van der Waals surface area (Å²) < 4.78 is 5.15. The van der Waals surface area contributed by atoms with Gasteiger partial charge >= 0.3 is 0 Å². The Morgan fingerprint density at radius 3 is 2.76 bits per heavy atom. The molecule has 1 atom stereocenters. The Hall–Kier alpha value is -1.75. The zero-order valence-corrected chi connectivity index (χ0v) is 10.3. The molecule has 2 aromatic heterocycles. The van der Waals surface area contributed by atoms with Gasteiger partial charge in [0.25, 0.3) is 0 Å². The molecule has 0 saturated heterocycles. The van der Waals surface area contributed by atoms with E-state index in [4.69, 9.17) is 4.52 Å². The molecule has 0 fully saturated rings. The summed E-state index contributed by atoms with van der Waals surface area (Å²) in [5.41, 5.74) is 2.97. The third kappa shape index (κ3) is 2.68. The van der Waals surface area contributed by atoms with Crippen molar-refractivity contribution in [2.75, 3.05) is 0 Å². The largest absolute Gasteiger partial charge is 0.361 e. The molecule has 2 rings (SSSR count). The van der Waals surface area contributed by atoms with Gasteiger partial charge in [0, 0.05) is 36.7 Å². The van der Waals surface area contributed by atoms with Gasteiger partial charge in [0.1, 0.15) is 5.76 Å². The molecule has 0 aromatic carbocycles. The summed E-state index contributed by atoms with van der Waals surface area (Å²) in [4.78, 5) is 8.24. The second-order valence-electron chi connectivity index (χ2n) is 4.04. The molecule has 0 bridgehead atoms. The molecule has 2 aromatic rings. The lowest BCUT2D eigenvalue weighted by molar-refractivity contribution is 0.390. The molecule has 1 unspecified atom stereocenters. The Kier molecular flexibility index (Phi) is 3.49. The van der Waals surface area contributed by atoms with Gasteiger partial charge in [-0.3, -0.25) is 9.97 Å². The van der Waals surface area contributed by atoms with Crippen LogP contribution in [0.4, 0.5) is 0 Å². The average Bonchev–Trinajstić information content (AvgIpc) is 2.67. The lowest BCUT2D eigenvalue weighted by atomic mass is 10.1. The maximum atomic E-state index is 5.15. The lowest BCUT2D eigenvalue weighted by Crippen LogP contribution is -2.19. The second-order valence-corrected chi connectivity index (χ2v) is 4.04. The lowest BCUT2D eigenvalue weighted by Gasteiger charge is -2.12. The average molecular weight is 232 g/mol. The number of hydrogen-bond donors (Lipinski definition) is 1. The maximum Gasteiger partial charge on any atom is 0.138 e. The molecule has 90 valence electrons. The van der Waals surface area contributed by atoms with Gasteiger partial charge in [0.2, 0.25) is 0 Å². The molecule has 0 saturated carbocycles. The summed E-state index contributed by atoms with van der Waals surface area (Å²) in [6.45, 7) is 6.64. The number of nitrogens with one attached hydrogen (secondary N) is 1. The highest BCUT2D eigenvalue weighted by molar-refractivity contribution is 5.24. The first-order chi connectivity index (χ1) is 8.18. The van der Waals surface area contributed by atoms with Gasteiger partial charge in [-0.05, 0) is 20.8 Å². The van der Waals surface area contributed by atoms with E-state index in [0.29, 0.717) is 6.54 Å². The van der Waals surface area contributed by atoms with E-state index in [-0.39, 0.29) is 6.04 Å². The van der Waals surface area contributed by atoms with Crippen LogP contribution in [-0.2, 0) is 6.54 Å². The number of aryl methyl sites for hydroxylation is 2. The maximum absolute atomic E-state index is 5.15. The Morgan fingerprint density at radius 1 is 1.35 bits per heavy atom. The van der Waals surface area contributed by atoms with Crippen molar-refractivity contribution >= 4 is 0 Å². The molecular formula is C12H16N4O. The molecule has 0 radical (unpaired) electrons. The fourth-order valence-corrected chi connectivity index (χ4v) is 1.89. The first-order valence-electron chi connectivity index (χ1n) is 5.59. The smallest absolute Gasteiger partial charge is 0.138 e. The van der Waals surface area contributed by atoms with Crippen molar-refractivity contribution in [1.82, 2.24) is 20.4 Å². The number of hydrogen-bond acceptors (Lipinski definition) is 5. The minimum absolute atomic E-state index is 0.184. The molecule has 5 nitrogen and oxygen atoms in total. The van der Waals surface area contributed by atoms with E-state index in [2.05, 4.69) is 27.4 Å². The summed E-state index contributed by atoms with van der Waals surface area (Å²) in [6, 6.07) is 0.184. The summed E-state index contributed by atoms with van der Waals surface area (Å²) in [5, 5.41) is 7.33. The van der Waals surface area contributed by atoms with Crippen LogP contribution >= 0.6 is 0 Å². The molecule has 5 heteroatoms. The highest BCUT2D eigenvalue weighted by atomic mass is 16.5. The normalized spacial score (nSPS) is 12.6. The molecule has 17 heavy (non-hydrogen) atoms. The Morgan fingerprint density at radius 2 is 2.18 bits per heavy atom. The van der Waals surface area contributed by atoms with Crippen molar-refractivity contribution < 1.29 is 4.52 Å². The Balaban J connectivity index is 2.01. The number of aromatic nitrogens is 3. The molecule has 0 amide bonds. The Bertz CT molecular complexity index is 461. The summed E-state index contributed by atoms with van der Waals surface area (Å²) in [7, 11) is 0. The second kappa shape index (κ2) is 5.05. The predicted octanol–water partition coefficient (Wildman–Crippen LogP) is 1.93. The SMILES string of the molecule is Cc1noc(C)c1C(C)NCc1cnccn1. The molecular weight excluding hydrogens is 216 g/mol.